The SMILES string of the molecule is FC(F)(F)CN1CCN(c2cnnc(Cl)c2)CC1. The molecular weight excluding hydrogens is 269 g/mol. The molecule has 1 saturated heterocycles. The zero-order valence-corrected chi connectivity index (χ0v) is 10.2. The Morgan fingerprint density at radius 1 is 1.22 bits per heavy atom. The van der Waals surface area contributed by atoms with Crippen molar-refractivity contribution < 1.29 is 13.2 Å². The molecule has 0 bridgehead atoms. The van der Waals surface area contributed by atoms with E-state index in [0.717, 1.165) is 5.69 Å². The van der Waals surface area contributed by atoms with E-state index in [-0.39, 0.29) is 5.15 Å². The van der Waals surface area contributed by atoms with Crippen molar-refractivity contribution in [3.8, 4) is 0 Å². The summed E-state index contributed by atoms with van der Waals surface area (Å²) in [6, 6.07) is 1.66. The zero-order chi connectivity index (χ0) is 13.2. The smallest absolute Gasteiger partial charge is 0.368 e. The lowest BCUT2D eigenvalue weighted by atomic mass is 10.3. The van der Waals surface area contributed by atoms with Crippen LogP contribution in [0, 0.1) is 0 Å². The van der Waals surface area contributed by atoms with Crippen LogP contribution in [0.3, 0.4) is 0 Å². The summed E-state index contributed by atoms with van der Waals surface area (Å²) in [6.07, 6.45) is -2.57. The van der Waals surface area contributed by atoms with Gasteiger partial charge in [-0.15, -0.1) is 5.10 Å². The van der Waals surface area contributed by atoms with E-state index >= 15 is 0 Å². The van der Waals surface area contributed by atoms with Crippen molar-refractivity contribution in [3.63, 3.8) is 0 Å². The number of rotatable bonds is 2. The van der Waals surface area contributed by atoms with Gasteiger partial charge in [0.1, 0.15) is 0 Å². The minimum atomic E-state index is -4.14. The van der Waals surface area contributed by atoms with Crippen molar-refractivity contribution in [2.45, 2.75) is 6.18 Å². The zero-order valence-electron chi connectivity index (χ0n) is 9.49. The summed E-state index contributed by atoms with van der Waals surface area (Å²) in [4.78, 5) is 3.35. The minimum absolute atomic E-state index is 0.283. The molecule has 0 N–H and O–H groups in total. The average Bonchev–Trinajstić information content (AvgIpc) is 2.28. The van der Waals surface area contributed by atoms with Crippen molar-refractivity contribution in [2.24, 2.45) is 0 Å². The highest BCUT2D eigenvalue weighted by Gasteiger charge is 2.32. The maximum Gasteiger partial charge on any atom is 0.401 e. The first kappa shape index (κ1) is 13.4. The van der Waals surface area contributed by atoms with Crippen LogP contribution in [0.2, 0.25) is 5.15 Å². The first-order valence-electron chi connectivity index (χ1n) is 5.46. The van der Waals surface area contributed by atoms with Gasteiger partial charge in [-0.25, -0.2) is 0 Å². The van der Waals surface area contributed by atoms with Gasteiger partial charge in [0, 0.05) is 32.2 Å². The number of piperazine rings is 1. The van der Waals surface area contributed by atoms with E-state index in [2.05, 4.69) is 10.2 Å². The quantitative estimate of drug-likeness (QED) is 0.827. The molecule has 18 heavy (non-hydrogen) atoms. The molecule has 0 saturated carbocycles. The van der Waals surface area contributed by atoms with Gasteiger partial charge in [0.25, 0.3) is 0 Å². The largest absolute Gasteiger partial charge is 0.401 e. The topological polar surface area (TPSA) is 32.3 Å². The van der Waals surface area contributed by atoms with E-state index in [4.69, 9.17) is 11.6 Å². The van der Waals surface area contributed by atoms with E-state index < -0.39 is 12.7 Å². The highest BCUT2D eigenvalue weighted by atomic mass is 35.5. The number of nitrogens with zero attached hydrogens (tertiary/aromatic N) is 4. The van der Waals surface area contributed by atoms with Gasteiger partial charge >= 0.3 is 6.18 Å². The number of alkyl halides is 3. The first-order chi connectivity index (χ1) is 8.44. The van der Waals surface area contributed by atoms with E-state index in [1.54, 1.807) is 12.3 Å². The molecule has 1 aromatic rings. The third-order valence-electron chi connectivity index (χ3n) is 2.75. The standard InChI is InChI=1S/C10H12ClF3N4/c11-9-5-8(6-15-16-9)18-3-1-17(2-4-18)7-10(12,13)14/h5-6H,1-4,7H2. The van der Waals surface area contributed by atoms with E-state index in [1.807, 2.05) is 4.90 Å². The maximum atomic E-state index is 12.2. The number of hydrogen-bond acceptors (Lipinski definition) is 4. The van der Waals surface area contributed by atoms with Crippen molar-refractivity contribution in [3.05, 3.63) is 17.4 Å². The monoisotopic (exact) mass is 280 g/mol. The summed E-state index contributed by atoms with van der Waals surface area (Å²) >= 11 is 5.72. The molecule has 0 aliphatic carbocycles. The summed E-state index contributed by atoms with van der Waals surface area (Å²) in [7, 11) is 0. The minimum Gasteiger partial charge on any atom is -0.368 e. The fraction of sp³-hybridized carbons (Fsp3) is 0.600. The Hall–Kier alpha value is -1.08. The number of anilines is 1. The Bertz CT molecular complexity index is 404. The predicted octanol–water partition coefficient (Wildman–Crippen LogP) is 1.81. The summed E-state index contributed by atoms with van der Waals surface area (Å²) in [5.41, 5.74) is 0.793. The Balaban J connectivity index is 1.91. The van der Waals surface area contributed by atoms with E-state index in [9.17, 15) is 13.2 Å². The number of hydrogen-bond donors (Lipinski definition) is 0. The van der Waals surface area contributed by atoms with Gasteiger partial charge < -0.3 is 4.90 Å². The Kier molecular flexibility index (Phi) is 3.91. The molecule has 0 spiro atoms. The lowest BCUT2D eigenvalue weighted by Gasteiger charge is -2.36. The van der Waals surface area contributed by atoms with Gasteiger partial charge in [0.05, 0.1) is 18.4 Å². The van der Waals surface area contributed by atoms with Gasteiger partial charge in [0.15, 0.2) is 5.15 Å². The Morgan fingerprint density at radius 3 is 2.44 bits per heavy atom. The van der Waals surface area contributed by atoms with Gasteiger partial charge in [-0.3, -0.25) is 4.90 Å². The van der Waals surface area contributed by atoms with Gasteiger partial charge in [-0.1, -0.05) is 11.6 Å². The van der Waals surface area contributed by atoms with E-state index in [0.29, 0.717) is 26.2 Å². The second-order valence-corrected chi connectivity index (χ2v) is 4.50. The third-order valence-corrected chi connectivity index (χ3v) is 2.94. The van der Waals surface area contributed by atoms with Crippen LogP contribution in [-0.4, -0.2) is 54.0 Å². The van der Waals surface area contributed by atoms with Crippen molar-refractivity contribution in [2.75, 3.05) is 37.6 Å². The molecule has 0 unspecified atom stereocenters. The molecule has 0 radical (unpaired) electrons. The molecule has 8 heteroatoms. The lowest BCUT2D eigenvalue weighted by molar-refractivity contribution is -0.146. The summed E-state index contributed by atoms with van der Waals surface area (Å²) in [5, 5.41) is 7.63. The van der Waals surface area contributed by atoms with Crippen molar-refractivity contribution in [1.82, 2.24) is 15.1 Å². The summed E-state index contributed by atoms with van der Waals surface area (Å²) < 4.78 is 36.7. The molecule has 4 nitrogen and oxygen atoms in total. The van der Waals surface area contributed by atoms with E-state index in [1.165, 1.54) is 4.90 Å². The Morgan fingerprint density at radius 2 is 1.89 bits per heavy atom. The van der Waals surface area contributed by atoms with Crippen LogP contribution in [0.4, 0.5) is 18.9 Å². The maximum absolute atomic E-state index is 12.2. The first-order valence-corrected chi connectivity index (χ1v) is 5.84. The molecule has 100 valence electrons. The molecule has 1 aliphatic heterocycles. The molecule has 2 heterocycles. The van der Waals surface area contributed by atoms with Crippen molar-refractivity contribution >= 4 is 17.3 Å². The molecule has 2 rings (SSSR count). The van der Waals surface area contributed by atoms with Crippen molar-refractivity contribution in [1.29, 1.82) is 0 Å². The Labute approximate surface area is 107 Å². The lowest BCUT2D eigenvalue weighted by Crippen LogP contribution is -2.49. The van der Waals surface area contributed by atoms with Crippen LogP contribution in [0.25, 0.3) is 0 Å². The highest BCUT2D eigenvalue weighted by molar-refractivity contribution is 6.29. The fourth-order valence-electron chi connectivity index (χ4n) is 1.92. The third kappa shape index (κ3) is 3.71. The fourth-order valence-corrected chi connectivity index (χ4v) is 2.08. The van der Waals surface area contributed by atoms with Crippen LogP contribution in [-0.2, 0) is 0 Å². The molecule has 1 aliphatic rings. The predicted molar refractivity (Wildman–Crippen MR) is 61.8 cm³/mol. The molecule has 1 aromatic heterocycles. The van der Waals surface area contributed by atoms with Gasteiger partial charge in [0.2, 0.25) is 0 Å². The van der Waals surface area contributed by atoms with Crippen LogP contribution >= 0.6 is 11.6 Å². The second kappa shape index (κ2) is 5.27. The molecule has 0 amide bonds. The summed E-state index contributed by atoms with van der Waals surface area (Å²) in [5.74, 6) is 0. The van der Waals surface area contributed by atoms with Crippen LogP contribution < -0.4 is 4.90 Å². The van der Waals surface area contributed by atoms with Gasteiger partial charge in [-0.2, -0.15) is 18.3 Å². The number of halogens is 4. The van der Waals surface area contributed by atoms with Gasteiger partial charge in [-0.05, 0) is 0 Å². The molecule has 1 fully saturated rings. The normalized spacial score (nSPS) is 18.1. The van der Waals surface area contributed by atoms with Crippen LogP contribution in [0.1, 0.15) is 0 Å². The molecular formula is C10H12ClF3N4. The molecule has 0 atom stereocenters. The number of aromatic nitrogens is 2. The second-order valence-electron chi connectivity index (χ2n) is 4.11. The van der Waals surface area contributed by atoms with Crippen LogP contribution in [0.15, 0.2) is 12.3 Å². The molecule has 0 aromatic carbocycles. The summed E-state index contributed by atoms with van der Waals surface area (Å²) in [6.45, 7) is 0.950. The average molecular weight is 281 g/mol. The van der Waals surface area contributed by atoms with Crippen LogP contribution in [0.5, 0.6) is 0 Å². The highest BCUT2D eigenvalue weighted by Crippen LogP contribution is 2.20.